The number of ether oxygens (including phenoxy) is 1. The highest BCUT2D eigenvalue weighted by Gasteiger charge is 2.34. The number of benzene rings is 2. The van der Waals surface area contributed by atoms with Crippen molar-refractivity contribution in [1.82, 2.24) is 0 Å². The molecular weight excluding hydrogens is 417 g/mol. The Morgan fingerprint density at radius 3 is 2.00 bits per heavy atom. The number of alkyl halides is 3. The average molecular weight is 449 g/mol. The van der Waals surface area contributed by atoms with Crippen molar-refractivity contribution in [2.24, 2.45) is 0 Å². The zero-order valence-corrected chi connectivity index (χ0v) is 19.3. The van der Waals surface area contributed by atoms with Gasteiger partial charge in [-0.05, 0) is 68.0 Å². The van der Waals surface area contributed by atoms with Crippen LogP contribution >= 0.6 is 0 Å². The molecule has 2 aromatic rings. The number of hydrogen-bond acceptors (Lipinski definition) is 3. The van der Waals surface area contributed by atoms with E-state index in [9.17, 15) is 18.0 Å². The maximum atomic E-state index is 13.3. The number of nitrogens with zero attached hydrogens (tertiary/aromatic N) is 1. The van der Waals surface area contributed by atoms with Crippen LogP contribution in [-0.2, 0) is 16.4 Å². The smallest absolute Gasteiger partial charge is 0.416 e. The standard InChI is InChI=1S/C25H31F3N2O2/c1-23(2,3)17-8-11-19(12-9-17)32-24(4,5)22(31)29-20-16-18(25(26,27)28)10-13-21(20)30-14-6-7-15-30/h8-13,16H,6-7,14-15H2,1-5H3,(H,29,31). The van der Waals surface area contributed by atoms with E-state index in [-0.39, 0.29) is 11.1 Å². The number of anilines is 2. The van der Waals surface area contributed by atoms with Crippen LogP contribution in [0.2, 0.25) is 0 Å². The molecule has 1 N–H and O–H groups in total. The van der Waals surface area contributed by atoms with Gasteiger partial charge >= 0.3 is 6.18 Å². The molecule has 0 bridgehead atoms. The molecule has 2 aromatic carbocycles. The molecule has 32 heavy (non-hydrogen) atoms. The fourth-order valence-electron chi connectivity index (χ4n) is 3.68. The van der Waals surface area contributed by atoms with E-state index in [4.69, 9.17) is 4.74 Å². The van der Waals surface area contributed by atoms with Gasteiger partial charge in [0.05, 0.1) is 16.9 Å². The van der Waals surface area contributed by atoms with E-state index in [1.54, 1.807) is 26.0 Å². The summed E-state index contributed by atoms with van der Waals surface area (Å²) in [5, 5.41) is 2.69. The Kier molecular flexibility index (Phi) is 6.50. The third-order valence-electron chi connectivity index (χ3n) is 5.66. The molecule has 0 aromatic heterocycles. The van der Waals surface area contributed by atoms with Crippen molar-refractivity contribution in [2.75, 3.05) is 23.3 Å². The van der Waals surface area contributed by atoms with Gasteiger partial charge in [-0.15, -0.1) is 0 Å². The molecule has 3 rings (SSSR count). The first-order valence-electron chi connectivity index (χ1n) is 10.8. The summed E-state index contributed by atoms with van der Waals surface area (Å²) in [4.78, 5) is 15.1. The first kappa shape index (κ1) is 24.0. The lowest BCUT2D eigenvalue weighted by molar-refractivity contribution is -0.137. The molecule has 7 heteroatoms. The fraction of sp³-hybridized carbons (Fsp3) is 0.480. The van der Waals surface area contributed by atoms with E-state index in [0.717, 1.165) is 43.6 Å². The predicted octanol–water partition coefficient (Wildman–Crippen LogP) is 6.40. The van der Waals surface area contributed by atoms with Gasteiger partial charge < -0.3 is 15.0 Å². The van der Waals surface area contributed by atoms with Crippen molar-refractivity contribution in [3.05, 3.63) is 53.6 Å². The largest absolute Gasteiger partial charge is 0.478 e. The third kappa shape index (κ3) is 5.56. The van der Waals surface area contributed by atoms with Crippen molar-refractivity contribution in [3.8, 4) is 5.75 Å². The van der Waals surface area contributed by atoms with Crippen LogP contribution in [0.1, 0.15) is 58.6 Å². The van der Waals surface area contributed by atoms with E-state index in [2.05, 4.69) is 26.1 Å². The zero-order chi connectivity index (χ0) is 23.7. The molecule has 0 atom stereocenters. The summed E-state index contributed by atoms with van der Waals surface area (Å²) in [6.07, 6.45) is -2.56. The maximum absolute atomic E-state index is 13.3. The lowest BCUT2D eigenvalue weighted by Crippen LogP contribution is -2.42. The quantitative estimate of drug-likeness (QED) is 0.576. The predicted molar refractivity (Wildman–Crippen MR) is 121 cm³/mol. The Hall–Kier alpha value is -2.70. The molecule has 4 nitrogen and oxygen atoms in total. The first-order valence-corrected chi connectivity index (χ1v) is 10.8. The number of hydrogen-bond donors (Lipinski definition) is 1. The summed E-state index contributed by atoms with van der Waals surface area (Å²) in [6, 6.07) is 11.0. The summed E-state index contributed by atoms with van der Waals surface area (Å²) in [6.45, 7) is 11.0. The van der Waals surface area contributed by atoms with E-state index in [1.165, 1.54) is 6.07 Å². The maximum Gasteiger partial charge on any atom is 0.416 e. The molecule has 174 valence electrons. The molecule has 0 radical (unpaired) electrons. The number of halogens is 3. The van der Waals surface area contributed by atoms with Crippen molar-refractivity contribution < 1.29 is 22.7 Å². The number of carbonyl (C=O) groups excluding carboxylic acids is 1. The molecule has 0 unspecified atom stereocenters. The molecule has 0 aliphatic carbocycles. The van der Waals surface area contributed by atoms with Gasteiger partial charge in [0.1, 0.15) is 5.75 Å². The highest BCUT2D eigenvalue weighted by molar-refractivity contribution is 5.99. The van der Waals surface area contributed by atoms with Crippen LogP contribution in [0.5, 0.6) is 5.75 Å². The van der Waals surface area contributed by atoms with Crippen molar-refractivity contribution in [2.45, 2.75) is 64.7 Å². The molecule has 1 heterocycles. The second-order valence-corrected chi connectivity index (χ2v) is 9.76. The Balaban J connectivity index is 1.82. The van der Waals surface area contributed by atoms with Gasteiger partial charge in [0.15, 0.2) is 5.60 Å². The minimum absolute atomic E-state index is 0.0130. The second kappa shape index (κ2) is 8.68. The highest BCUT2D eigenvalue weighted by Crippen LogP contribution is 2.37. The minimum atomic E-state index is -4.50. The van der Waals surface area contributed by atoms with E-state index >= 15 is 0 Å². The van der Waals surface area contributed by atoms with Crippen molar-refractivity contribution in [3.63, 3.8) is 0 Å². The van der Waals surface area contributed by atoms with Gasteiger partial charge in [0.25, 0.3) is 5.91 Å². The summed E-state index contributed by atoms with van der Waals surface area (Å²) >= 11 is 0. The Bertz CT molecular complexity index is 955. The van der Waals surface area contributed by atoms with Crippen LogP contribution in [0.25, 0.3) is 0 Å². The number of nitrogens with one attached hydrogen (secondary N) is 1. The van der Waals surface area contributed by atoms with E-state index in [1.807, 2.05) is 17.0 Å². The Morgan fingerprint density at radius 1 is 0.906 bits per heavy atom. The number of amides is 1. The Morgan fingerprint density at radius 2 is 1.47 bits per heavy atom. The molecule has 1 fully saturated rings. The van der Waals surface area contributed by atoms with Crippen LogP contribution in [0, 0.1) is 0 Å². The first-order chi connectivity index (χ1) is 14.8. The van der Waals surface area contributed by atoms with Crippen molar-refractivity contribution >= 4 is 17.3 Å². The minimum Gasteiger partial charge on any atom is -0.478 e. The topological polar surface area (TPSA) is 41.6 Å². The van der Waals surface area contributed by atoms with Crippen LogP contribution in [0.15, 0.2) is 42.5 Å². The Labute approximate surface area is 187 Å². The molecule has 0 spiro atoms. The monoisotopic (exact) mass is 448 g/mol. The number of carbonyl (C=O) groups is 1. The van der Waals surface area contributed by atoms with Crippen LogP contribution < -0.4 is 15.0 Å². The second-order valence-electron chi connectivity index (χ2n) is 9.76. The molecule has 1 aliphatic rings. The SMILES string of the molecule is CC(C)(Oc1ccc(C(C)(C)C)cc1)C(=O)Nc1cc(C(F)(F)F)ccc1N1CCCC1. The summed E-state index contributed by atoms with van der Waals surface area (Å²) in [5.74, 6) is -0.000807. The summed E-state index contributed by atoms with van der Waals surface area (Å²) < 4.78 is 45.8. The molecule has 1 amide bonds. The van der Waals surface area contributed by atoms with Gasteiger partial charge in [0.2, 0.25) is 0 Å². The van der Waals surface area contributed by atoms with Crippen LogP contribution in [-0.4, -0.2) is 24.6 Å². The fourth-order valence-corrected chi connectivity index (χ4v) is 3.68. The molecule has 0 saturated carbocycles. The van der Waals surface area contributed by atoms with E-state index in [0.29, 0.717) is 11.4 Å². The van der Waals surface area contributed by atoms with Gasteiger partial charge in [-0.2, -0.15) is 13.2 Å². The van der Waals surface area contributed by atoms with Gasteiger partial charge in [-0.25, -0.2) is 0 Å². The van der Waals surface area contributed by atoms with Crippen molar-refractivity contribution in [1.29, 1.82) is 0 Å². The lowest BCUT2D eigenvalue weighted by atomic mass is 9.87. The zero-order valence-electron chi connectivity index (χ0n) is 19.3. The third-order valence-corrected chi connectivity index (χ3v) is 5.66. The van der Waals surface area contributed by atoms with Gasteiger partial charge in [-0.1, -0.05) is 32.9 Å². The average Bonchev–Trinajstić information content (AvgIpc) is 3.21. The molecule has 1 aliphatic heterocycles. The summed E-state index contributed by atoms with van der Waals surface area (Å²) in [7, 11) is 0. The molecule has 1 saturated heterocycles. The normalized spacial score (nSPS) is 15.1. The number of rotatable bonds is 5. The molecular formula is C25H31F3N2O2. The lowest BCUT2D eigenvalue weighted by Gasteiger charge is -2.28. The highest BCUT2D eigenvalue weighted by atomic mass is 19.4. The summed E-state index contributed by atoms with van der Waals surface area (Å²) in [5.41, 5.74) is -0.236. The van der Waals surface area contributed by atoms with Crippen LogP contribution in [0.3, 0.4) is 0 Å². The van der Waals surface area contributed by atoms with Gasteiger partial charge in [0, 0.05) is 13.1 Å². The van der Waals surface area contributed by atoms with Crippen LogP contribution in [0.4, 0.5) is 24.5 Å². The van der Waals surface area contributed by atoms with Gasteiger partial charge in [-0.3, -0.25) is 4.79 Å². The van der Waals surface area contributed by atoms with E-state index < -0.39 is 23.2 Å².